The molecule has 0 saturated carbocycles. The molecule has 2 unspecified atom stereocenters. The zero-order valence-electron chi connectivity index (χ0n) is 10.1. The molecule has 1 aliphatic rings. The topological polar surface area (TPSA) is 92.4 Å². The number of amides is 1. The van der Waals surface area contributed by atoms with E-state index in [1.165, 1.54) is 0 Å². The van der Waals surface area contributed by atoms with Gasteiger partial charge in [0.05, 0.1) is 5.92 Å². The highest BCUT2D eigenvalue weighted by atomic mass is 16.4. The molecule has 4 N–H and O–H groups in total. The molecule has 0 fully saturated rings. The Hall–Kier alpha value is -1.88. The van der Waals surface area contributed by atoms with E-state index in [0.717, 1.165) is 16.8 Å². The third-order valence-corrected chi connectivity index (χ3v) is 3.29. The molecule has 96 valence electrons. The minimum atomic E-state index is -0.850. The third kappa shape index (κ3) is 2.36. The first kappa shape index (κ1) is 12.6. The molecule has 2 atom stereocenters. The molecule has 0 bridgehead atoms. The molecule has 18 heavy (non-hydrogen) atoms. The van der Waals surface area contributed by atoms with Gasteiger partial charge < -0.3 is 16.2 Å². The van der Waals surface area contributed by atoms with Crippen molar-refractivity contribution in [3.8, 4) is 0 Å². The molecule has 0 aliphatic carbocycles. The molecule has 2 rings (SSSR count). The average Bonchev–Trinajstić information content (AvgIpc) is 2.62. The average molecular weight is 248 g/mol. The van der Waals surface area contributed by atoms with Crippen LogP contribution in [0.1, 0.15) is 42.9 Å². The summed E-state index contributed by atoms with van der Waals surface area (Å²) in [4.78, 5) is 22.0. The Morgan fingerprint density at radius 1 is 1.56 bits per heavy atom. The summed E-state index contributed by atoms with van der Waals surface area (Å²) in [6, 6.07) is 5.25. The van der Waals surface area contributed by atoms with E-state index < -0.39 is 5.97 Å². The van der Waals surface area contributed by atoms with Crippen molar-refractivity contribution in [1.29, 1.82) is 0 Å². The lowest BCUT2D eigenvalue weighted by Gasteiger charge is -2.12. The van der Waals surface area contributed by atoms with E-state index in [0.29, 0.717) is 6.42 Å². The van der Waals surface area contributed by atoms with Gasteiger partial charge in [0.15, 0.2) is 0 Å². The maximum absolute atomic E-state index is 11.5. The third-order valence-electron chi connectivity index (χ3n) is 3.29. The Kier molecular flexibility index (Phi) is 3.34. The van der Waals surface area contributed by atoms with Crippen molar-refractivity contribution >= 4 is 17.6 Å². The molecule has 1 aliphatic heterocycles. The highest BCUT2D eigenvalue weighted by Crippen LogP contribution is 2.34. The Bertz CT molecular complexity index is 499. The van der Waals surface area contributed by atoms with Crippen LogP contribution in [0.3, 0.4) is 0 Å². The highest BCUT2D eigenvalue weighted by molar-refractivity contribution is 6.02. The SMILES string of the molecule is CC1C(=O)Nc2ccc(C(N)CCC(=O)O)cc21. The van der Waals surface area contributed by atoms with Crippen molar-refractivity contribution in [1.82, 2.24) is 0 Å². The largest absolute Gasteiger partial charge is 0.481 e. The number of carbonyl (C=O) groups excluding carboxylic acids is 1. The van der Waals surface area contributed by atoms with Gasteiger partial charge in [-0.25, -0.2) is 0 Å². The van der Waals surface area contributed by atoms with E-state index in [9.17, 15) is 9.59 Å². The predicted molar refractivity (Wildman–Crippen MR) is 67.3 cm³/mol. The number of nitrogens with one attached hydrogen (secondary N) is 1. The van der Waals surface area contributed by atoms with Crippen LogP contribution in [-0.2, 0) is 9.59 Å². The number of carbonyl (C=O) groups is 2. The van der Waals surface area contributed by atoms with E-state index in [-0.39, 0.29) is 24.3 Å². The zero-order valence-corrected chi connectivity index (χ0v) is 10.1. The number of carboxylic acids is 1. The van der Waals surface area contributed by atoms with Crippen LogP contribution in [0.5, 0.6) is 0 Å². The lowest BCUT2D eigenvalue weighted by molar-refractivity contribution is -0.137. The van der Waals surface area contributed by atoms with E-state index in [1.807, 2.05) is 25.1 Å². The Morgan fingerprint density at radius 2 is 2.28 bits per heavy atom. The second-order valence-electron chi connectivity index (χ2n) is 4.60. The van der Waals surface area contributed by atoms with Crippen LogP contribution < -0.4 is 11.1 Å². The maximum Gasteiger partial charge on any atom is 0.303 e. The second kappa shape index (κ2) is 4.78. The van der Waals surface area contributed by atoms with E-state index in [2.05, 4.69) is 5.32 Å². The molecule has 0 aromatic heterocycles. The van der Waals surface area contributed by atoms with Crippen LogP contribution in [-0.4, -0.2) is 17.0 Å². The van der Waals surface area contributed by atoms with Gasteiger partial charge in [-0.1, -0.05) is 12.1 Å². The van der Waals surface area contributed by atoms with E-state index >= 15 is 0 Å². The first-order chi connectivity index (χ1) is 8.49. The molecular weight excluding hydrogens is 232 g/mol. The minimum absolute atomic E-state index is 0.0127. The van der Waals surface area contributed by atoms with Crippen LogP contribution in [0.2, 0.25) is 0 Å². The number of benzene rings is 1. The molecule has 1 heterocycles. The summed E-state index contributed by atoms with van der Waals surface area (Å²) < 4.78 is 0. The Labute approximate surface area is 105 Å². The molecule has 1 amide bonds. The number of fused-ring (bicyclic) bond motifs is 1. The van der Waals surface area contributed by atoms with E-state index in [1.54, 1.807) is 0 Å². The van der Waals surface area contributed by atoms with Gasteiger partial charge in [0, 0.05) is 18.2 Å². The van der Waals surface area contributed by atoms with Crippen LogP contribution in [0.15, 0.2) is 18.2 Å². The minimum Gasteiger partial charge on any atom is -0.481 e. The molecule has 1 aromatic carbocycles. The predicted octanol–water partition coefficient (Wildman–Crippen LogP) is 1.61. The lowest BCUT2D eigenvalue weighted by Crippen LogP contribution is -2.12. The number of hydrogen-bond acceptors (Lipinski definition) is 3. The van der Waals surface area contributed by atoms with Crippen molar-refractivity contribution in [2.45, 2.75) is 31.7 Å². The fraction of sp³-hybridized carbons (Fsp3) is 0.385. The fourth-order valence-electron chi connectivity index (χ4n) is 2.11. The van der Waals surface area contributed by atoms with Crippen molar-refractivity contribution in [2.75, 3.05) is 5.32 Å². The van der Waals surface area contributed by atoms with Gasteiger partial charge in [0.25, 0.3) is 0 Å². The fourth-order valence-corrected chi connectivity index (χ4v) is 2.11. The molecular formula is C13H16N2O3. The first-order valence-electron chi connectivity index (χ1n) is 5.91. The Balaban J connectivity index is 2.17. The van der Waals surface area contributed by atoms with Gasteiger partial charge in [-0.05, 0) is 30.5 Å². The van der Waals surface area contributed by atoms with Crippen LogP contribution in [0.25, 0.3) is 0 Å². The normalized spacial score (nSPS) is 19.2. The molecule has 0 saturated heterocycles. The van der Waals surface area contributed by atoms with Crippen LogP contribution in [0.4, 0.5) is 5.69 Å². The van der Waals surface area contributed by atoms with Crippen molar-refractivity contribution in [2.24, 2.45) is 5.73 Å². The summed E-state index contributed by atoms with van der Waals surface area (Å²) in [6.45, 7) is 1.84. The quantitative estimate of drug-likeness (QED) is 0.754. The van der Waals surface area contributed by atoms with Crippen molar-refractivity contribution in [3.63, 3.8) is 0 Å². The number of rotatable bonds is 4. The molecule has 0 spiro atoms. The monoisotopic (exact) mass is 248 g/mol. The smallest absolute Gasteiger partial charge is 0.303 e. The first-order valence-corrected chi connectivity index (χ1v) is 5.91. The van der Waals surface area contributed by atoms with Crippen LogP contribution >= 0.6 is 0 Å². The summed E-state index contributed by atoms with van der Waals surface area (Å²) in [5.41, 5.74) is 8.58. The summed E-state index contributed by atoms with van der Waals surface area (Å²) in [5, 5.41) is 11.4. The molecule has 0 radical (unpaired) electrons. The number of aliphatic carboxylic acids is 1. The second-order valence-corrected chi connectivity index (χ2v) is 4.60. The standard InChI is InChI=1S/C13H16N2O3/c1-7-9-6-8(10(14)3-5-12(16)17)2-4-11(9)15-13(7)18/h2,4,6-7,10H,3,5,14H2,1H3,(H,15,18)(H,16,17). The van der Waals surface area contributed by atoms with Gasteiger partial charge in [0.1, 0.15) is 0 Å². The zero-order chi connectivity index (χ0) is 13.3. The summed E-state index contributed by atoms with van der Waals surface area (Å²) >= 11 is 0. The van der Waals surface area contributed by atoms with Crippen molar-refractivity contribution < 1.29 is 14.7 Å². The van der Waals surface area contributed by atoms with Crippen LogP contribution in [0, 0.1) is 0 Å². The van der Waals surface area contributed by atoms with Gasteiger partial charge >= 0.3 is 5.97 Å². The van der Waals surface area contributed by atoms with Gasteiger partial charge in [-0.3, -0.25) is 9.59 Å². The van der Waals surface area contributed by atoms with Crippen molar-refractivity contribution in [3.05, 3.63) is 29.3 Å². The highest BCUT2D eigenvalue weighted by Gasteiger charge is 2.26. The van der Waals surface area contributed by atoms with Gasteiger partial charge in [0.2, 0.25) is 5.91 Å². The number of nitrogens with two attached hydrogens (primary N) is 1. The number of carboxylic acid groups (broad SMARTS) is 1. The summed E-state index contributed by atoms with van der Waals surface area (Å²) in [5.74, 6) is -1.04. The summed E-state index contributed by atoms with van der Waals surface area (Å²) in [7, 11) is 0. The van der Waals surface area contributed by atoms with Gasteiger partial charge in [-0.15, -0.1) is 0 Å². The van der Waals surface area contributed by atoms with E-state index in [4.69, 9.17) is 10.8 Å². The molecule has 5 nitrogen and oxygen atoms in total. The number of anilines is 1. The Morgan fingerprint density at radius 3 is 2.94 bits per heavy atom. The number of hydrogen-bond donors (Lipinski definition) is 3. The maximum atomic E-state index is 11.5. The lowest BCUT2D eigenvalue weighted by atomic mass is 9.96. The molecule has 5 heteroatoms. The summed E-state index contributed by atoms with van der Waals surface area (Å²) in [6.07, 6.45) is 0.439. The van der Waals surface area contributed by atoms with Gasteiger partial charge in [-0.2, -0.15) is 0 Å². The molecule has 1 aromatic rings.